The first kappa shape index (κ1) is 19.5. The van der Waals surface area contributed by atoms with Gasteiger partial charge in [0.05, 0.1) is 17.4 Å². The first-order chi connectivity index (χ1) is 17.1. The molecule has 12 heteroatoms. The van der Waals surface area contributed by atoms with Crippen LogP contribution in [-0.2, 0) is 6.50 Å². The molecule has 0 saturated carbocycles. The van der Waals surface area contributed by atoms with Crippen LogP contribution in [0.2, 0.25) is 0 Å². The molecule has 1 aliphatic heterocycles. The van der Waals surface area contributed by atoms with E-state index in [-0.39, 0.29) is 59.7 Å². The molecule has 0 atom stereocenters. The van der Waals surface area contributed by atoms with Crippen LogP contribution in [-0.4, -0.2) is 63.6 Å². The van der Waals surface area contributed by atoms with Crippen LogP contribution in [0.3, 0.4) is 0 Å². The molecule has 1 aliphatic rings. The first-order valence-electron chi connectivity index (χ1n) is 11.4. The zero-order valence-electron chi connectivity index (χ0n) is 19.9. The molecular weight excluding hydrogens is 451 g/mol. The molecule has 4 aromatic rings. The number of nitrogens with zero attached hydrogens (tertiary/aromatic N) is 5. The van der Waals surface area contributed by atoms with Crippen molar-refractivity contribution in [3.05, 3.63) is 69.7 Å². The number of fused-ring (bicyclic) bond motifs is 3. The minimum Gasteiger partial charge on any atom is -0.365 e. The van der Waals surface area contributed by atoms with Crippen molar-refractivity contribution in [1.29, 1.82) is 0 Å². The quantitative estimate of drug-likeness (QED) is 0.438. The lowest BCUT2D eigenvalue weighted by Crippen LogP contribution is -2.46. The van der Waals surface area contributed by atoms with Crippen molar-refractivity contribution in [1.82, 2.24) is 29.8 Å². The average Bonchev–Trinajstić information content (AvgIpc) is 3.26. The van der Waals surface area contributed by atoms with E-state index in [9.17, 15) is 18.4 Å². The molecule has 9 nitrogen and oxygen atoms in total. The number of nitrogens with one attached hydrogen (secondary N) is 2. The van der Waals surface area contributed by atoms with Crippen LogP contribution in [0.25, 0.3) is 16.6 Å². The summed E-state index contributed by atoms with van der Waals surface area (Å²) in [5.74, 6) is -3.19. The Balaban J connectivity index is 1.41. The maximum absolute atomic E-state index is 15.5. The molecule has 1 amide bonds. The van der Waals surface area contributed by atoms with Crippen LogP contribution >= 0.6 is 0 Å². The molecule has 176 valence electrons. The molecular formula is C22H20F3N7O2. The molecule has 5 rings (SSSR count). The van der Waals surface area contributed by atoms with Gasteiger partial charge in [0.2, 0.25) is 5.95 Å². The van der Waals surface area contributed by atoms with Gasteiger partial charge in [0, 0.05) is 48.0 Å². The Kier molecular flexibility index (Phi) is 4.85. The normalized spacial score (nSPS) is 16.1. The van der Waals surface area contributed by atoms with Crippen LogP contribution in [0.15, 0.2) is 35.3 Å². The molecule has 34 heavy (non-hydrogen) atoms. The van der Waals surface area contributed by atoms with E-state index in [1.165, 1.54) is 36.2 Å². The van der Waals surface area contributed by atoms with Gasteiger partial charge in [-0.05, 0) is 18.2 Å². The van der Waals surface area contributed by atoms with Gasteiger partial charge in [0.1, 0.15) is 11.2 Å². The highest BCUT2D eigenvalue weighted by Gasteiger charge is 2.23. The highest BCUT2D eigenvalue weighted by Crippen LogP contribution is 2.23. The average molecular weight is 473 g/mol. The highest BCUT2D eigenvalue weighted by molar-refractivity contribution is 5.92. The summed E-state index contributed by atoms with van der Waals surface area (Å²) in [6.45, 7) is -1.58. The zero-order valence-corrected chi connectivity index (χ0v) is 17.9. The van der Waals surface area contributed by atoms with E-state index in [2.05, 4.69) is 20.4 Å². The number of rotatable bonds is 4. The number of halogens is 3. The molecule has 1 fully saturated rings. The second-order valence-corrected chi connectivity index (χ2v) is 7.70. The molecule has 4 heterocycles. The first-order valence-corrected chi connectivity index (χ1v) is 10.4. The zero-order chi connectivity index (χ0) is 25.8. The third-order valence-corrected chi connectivity index (χ3v) is 5.71. The number of hydrogen-bond acceptors (Lipinski definition) is 6. The van der Waals surface area contributed by atoms with Crippen molar-refractivity contribution in [3.8, 4) is 0 Å². The van der Waals surface area contributed by atoms with Crippen LogP contribution in [0.1, 0.15) is 18.8 Å². The molecule has 1 aromatic carbocycles. The van der Waals surface area contributed by atoms with Gasteiger partial charge >= 0.3 is 0 Å². The fourth-order valence-electron chi connectivity index (χ4n) is 3.98. The number of hydrogen-bond donors (Lipinski definition) is 2. The van der Waals surface area contributed by atoms with Crippen molar-refractivity contribution >= 4 is 28.1 Å². The number of H-pyrrole nitrogens is 1. The third-order valence-electron chi connectivity index (χ3n) is 5.71. The Hall–Kier alpha value is -3.93. The van der Waals surface area contributed by atoms with Gasteiger partial charge in [-0.1, -0.05) is 6.07 Å². The topological polar surface area (TPSA) is 98.6 Å². The molecule has 2 N–H and O–H groups in total. The smallest absolute Gasteiger partial charge is 0.277 e. The lowest BCUT2D eigenvalue weighted by molar-refractivity contribution is 0.0957. The summed E-state index contributed by atoms with van der Waals surface area (Å²) in [4.78, 5) is 33.0. The minimum absolute atomic E-state index is 0.0614. The van der Waals surface area contributed by atoms with Crippen LogP contribution in [0.5, 0.6) is 0 Å². The lowest BCUT2D eigenvalue weighted by Gasteiger charge is -2.36. The van der Waals surface area contributed by atoms with Crippen molar-refractivity contribution < 1.29 is 20.7 Å². The van der Waals surface area contributed by atoms with Crippen LogP contribution in [0.4, 0.5) is 18.9 Å². The summed E-state index contributed by atoms with van der Waals surface area (Å²) in [5.41, 5.74) is -1.66. The highest BCUT2D eigenvalue weighted by atomic mass is 19.1. The molecule has 0 spiro atoms. The van der Waals surface area contributed by atoms with E-state index in [4.69, 9.17) is 2.74 Å². The van der Waals surface area contributed by atoms with Crippen molar-refractivity contribution in [2.75, 3.05) is 38.1 Å². The van der Waals surface area contributed by atoms with Gasteiger partial charge in [-0.2, -0.15) is 9.49 Å². The molecule has 3 aromatic heterocycles. The molecule has 0 aliphatic carbocycles. The minimum atomic E-state index is -2.27. The number of anilines is 1. The molecule has 0 radical (unpaired) electrons. The van der Waals surface area contributed by atoms with E-state index >= 15 is 4.39 Å². The van der Waals surface area contributed by atoms with Crippen LogP contribution < -0.4 is 15.8 Å². The molecule has 1 saturated heterocycles. The van der Waals surface area contributed by atoms with Gasteiger partial charge in [-0.3, -0.25) is 14.5 Å². The number of amides is 1. The predicted molar refractivity (Wildman–Crippen MR) is 118 cm³/mol. The second-order valence-electron chi connectivity index (χ2n) is 7.70. The second kappa shape index (κ2) is 8.45. The van der Waals surface area contributed by atoms with Crippen molar-refractivity contribution in [2.45, 2.75) is 6.50 Å². The third kappa shape index (κ3) is 3.65. The SMILES string of the molecule is [2H]C([2H])(c1ccc2c([nH]c(=O)c3c(F)cnn32)c1F)N1CCN(c2ccc(C(=O)NC)nc2F)CC1. The van der Waals surface area contributed by atoms with E-state index in [0.29, 0.717) is 0 Å². The van der Waals surface area contributed by atoms with E-state index in [1.54, 1.807) is 4.90 Å². The van der Waals surface area contributed by atoms with E-state index in [0.717, 1.165) is 10.7 Å². The fraction of sp³-hybridized carbons (Fsp3) is 0.273. The maximum Gasteiger partial charge on any atom is 0.277 e. The fourth-order valence-corrected chi connectivity index (χ4v) is 3.98. The Morgan fingerprint density at radius 1 is 1.18 bits per heavy atom. The van der Waals surface area contributed by atoms with Gasteiger partial charge in [0.15, 0.2) is 17.2 Å². The summed E-state index contributed by atoms with van der Waals surface area (Å²) < 4.78 is 62.2. The number of carbonyl (C=O) groups excluding carboxylic acids is 1. The maximum atomic E-state index is 15.5. The number of aromatic amines is 1. The van der Waals surface area contributed by atoms with E-state index < -0.39 is 35.5 Å². The van der Waals surface area contributed by atoms with Gasteiger partial charge < -0.3 is 15.2 Å². The largest absolute Gasteiger partial charge is 0.365 e. The van der Waals surface area contributed by atoms with E-state index in [1.807, 2.05) is 0 Å². The lowest BCUT2D eigenvalue weighted by atomic mass is 10.1. The standard InChI is InChI=1S/C22H20F3N7O2/c1-26-21(33)14-3-5-16(20(25)28-14)31-8-6-30(7-9-31)11-12-2-4-15-18(17(12)24)29-22(34)19-13(23)10-27-32(15)19/h2-5,10H,6-9,11H2,1H3,(H,26,33)(H,29,34)/i11D2. The Labute approximate surface area is 193 Å². The predicted octanol–water partition coefficient (Wildman–Crippen LogP) is 1.67. The van der Waals surface area contributed by atoms with Gasteiger partial charge in [-0.15, -0.1) is 0 Å². The summed E-state index contributed by atoms with van der Waals surface area (Å²) in [6.07, 6.45) is 0.846. The number of carbonyl (C=O) groups is 1. The Bertz CT molecular complexity index is 1570. The summed E-state index contributed by atoms with van der Waals surface area (Å²) in [7, 11) is 1.41. The molecule has 0 unspecified atom stereocenters. The van der Waals surface area contributed by atoms with Crippen molar-refractivity contribution in [2.24, 2.45) is 0 Å². The van der Waals surface area contributed by atoms with Gasteiger partial charge in [0.25, 0.3) is 11.5 Å². The summed E-state index contributed by atoms with van der Waals surface area (Å²) in [5, 5.41) is 6.15. The molecule has 0 bridgehead atoms. The van der Waals surface area contributed by atoms with Crippen LogP contribution in [0, 0.1) is 17.6 Å². The van der Waals surface area contributed by atoms with Gasteiger partial charge in [-0.25, -0.2) is 18.3 Å². The Morgan fingerprint density at radius 2 is 1.94 bits per heavy atom. The number of pyridine rings is 1. The van der Waals surface area contributed by atoms with Crippen molar-refractivity contribution in [3.63, 3.8) is 0 Å². The number of piperazine rings is 1. The Morgan fingerprint density at radius 3 is 2.65 bits per heavy atom. The number of benzene rings is 1. The summed E-state index contributed by atoms with van der Waals surface area (Å²) in [6, 6.07) is 5.45. The summed E-state index contributed by atoms with van der Waals surface area (Å²) >= 11 is 0. The monoisotopic (exact) mass is 473 g/mol. The number of aromatic nitrogens is 4.